The zero-order valence-corrected chi connectivity index (χ0v) is 12.2. The number of aliphatic carboxylic acids is 1. The van der Waals surface area contributed by atoms with Gasteiger partial charge in [0.25, 0.3) is 5.91 Å². The molecule has 0 aliphatic heterocycles. The van der Waals surface area contributed by atoms with Crippen molar-refractivity contribution in [2.45, 2.75) is 25.3 Å². The topological polar surface area (TPSA) is 76.1 Å². The van der Waals surface area contributed by atoms with Gasteiger partial charge in [-0.15, -0.1) is 0 Å². The summed E-state index contributed by atoms with van der Waals surface area (Å²) < 4.78 is 10.3. The lowest BCUT2D eigenvalue weighted by molar-refractivity contribution is -0.137. The van der Waals surface area contributed by atoms with E-state index in [1.807, 2.05) is 0 Å². The highest BCUT2D eigenvalue weighted by Crippen LogP contribution is 2.30. The fourth-order valence-electron chi connectivity index (χ4n) is 2.15. The number of carboxylic acid groups (broad SMARTS) is 1. The second kappa shape index (κ2) is 6.47. The summed E-state index contributed by atoms with van der Waals surface area (Å²) in [5.41, 5.74) is 0.448. The van der Waals surface area contributed by atoms with E-state index in [-0.39, 0.29) is 24.9 Å². The molecule has 0 bridgehead atoms. The van der Waals surface area contributed by atoms with Crippen LogP contribution in [0.5, 0.6) is 11.5 Å². The zero-order chi connectivity index (χ0) is 15.4. The molecule has 0 heterocycles. The zero-order valence-electron chi connectivity index (χ0n) is 12.2. The van der Waals surface area contributed by atoms with Crippen molar-refractivity contribution in [1.82, 2.24) is 4.90 Å². The third kappa shape index (κ3) is 3.87. The van der Waals surface area contributed by atoms with E-state index in [4.69, 9.17) is 14.6 Å². The number of benzene rings is 1. The fourth-order valence-corrected chi connectivity index (χ4v) is 2.15. The van der Waals surface area contributed by atoms with E-state index in [0.717, 1.165) is 12.8 Å². The number of rotatable bonds is 7. The van der Waals surface area contributed by atoms with Crippen LogP contribution >= 0.6 is 0 Å². The average molecular weight is 293 g/mol. The molecule has 1 saturated carbocycles. The minimum Gasteiger partial charge on any atom is -0.497 e. The second-order valence-electron chi connectivity index (χ2n) is 4.97. The van der Waals surface area contributed by atoms with E-state index in [1.165, 1.54) is 14.2 Å². The molecule has 0 radical (unpaired) electrons. The molecule has 0 saturated heterocycles. The molecular weight excluding hydrogens is 274 g/mol. The number of methoxy groups -OCH3 is 2. The predicted octanol–water partition coefficient (Wildman–Crippen LogP) is 1.78. The van der Waals surface area contributed by atoms with E-state index in [0.29, 0.717) is 17.1 Å². The van der Waals surface area contributed by atoms with Crippen molar-refractivity contribution in [1.29, 1.82) is 0 Å². The molecular formula is C15H19NO5. The molecule has 6 nitrogen and oxygen atoms in total. The molecule has 2 rings (SSSR count). The van der Waals surface area contributed by atoms with E-state index in [1.54, 1.807) is 23.1 Å². The largest absolute Gasteiger partial charge is 0.497 e. The highest BCUT2D eigenvalue weighted by Gasteiger charge is 2.33. The van der Waals surface area contributed by atoms with Gasteiger partial charge >= 0.3 is 5.97 Å². The van der Waals surface area contributed by atoms with Crippen molar-refractivity contribution in [3.63, 3.8) is 0 Å². The maximum atomic E-state index is 12.6. The van der Waals surface area contributed by atoms with Crippen LogP contribution in [0.3, 0.4) is 0 Å². The summed E-state index contributed by atoms with van der Waals surface area (Å²) in [4.78, 5) is 25.0. The number of nitrogens with zero attached hydrogens (tertiary/aromatic N) is 1. The van der Waals surface area contributed by atoms with Gasteiger partial charge in [0.2, 0.25) is 0 Å². The van der Waals surface area contributed by atoms with Gasteiger partial charge in [-0.2, -0.15) is 0 Å². The number of ether oxygens (including phenoxy) is 2. The first-order chi connectivity index (χ1) is 10.0. The highest BCUT2D eigenvalue weighted by atomic mass is 16.5. The monoisotopic (exact) mass is 293 g/mol. The Morgan fingerprint density at radius 3 is 2.19 bits per heavy atom. The molecule has 1 amide bonds. The quantitative estimate of drug-likeness (QED) is 0.829. The first-order valence-electron chi connectivity index (χ1n) is 6.81. The summed E-state index contributed by atoms with van der Waals surface area (Å²) in [6.07, 6.45) is 1.79. The standard InChI is InChI=1S/C15H19NO5/c1-20-12-7-10(8-13(9-12)21-2)15(19)16(11-3-4-11)6-5-14(17)18/h7-9,11H,3-6H2,1-2H3,(H,17,18). The van der Waals surface area contributed by atoms with Gasteiger partial charge in [0.05, 0.1) is 20.6 Å². The van der Waals surface area contributed by atoms with Gasteiger partial charge in [-0.25, -0.2) is 0 Å². The van der Waals surface area contributed by atoms with Crippen molar-refractivity contribution in [3.8, 4) is 11.5 Å². The van der Waals surface area contributed by atoms with Crippen LogP contribution in [-0.4, -0.2) is 48.7 Å². The molecule has 1 N–H and O–H groups in total. The maximum absolute atomic E-state index is 12.6. The van der Waals surface area contributed by atoms with Gasteiger partial charge in [0.15, 0.2) is 0 Å². The van der Waals surface area contributed by atoms with Crippen LogP contribution in [0.15, 0.2) is 18.2 Å². The van der Waals surface area contributed by atoms with Crippen molar-refractivity contribution < 1.29 is 24.2 Å². The third-order valence-corrected chi connectivity index (χ3v) is 3.41. The Morgan fingerprint density at radius 2 is 1.76 bits per heavy atom. The maximum Gasteiger partial charge on any atom is 0.305 e. The lowest BCUT2D eigenvalue weighted by atomic mass is 10.1. The van der Waals surface area contributed by atoms with Gasteiger partial charge in [-0.05, 0) is 25.0 Å². The lowest BCUT2D eigenvalue weighted by Gasteiger charge is -2.22. The third-order valence-electron chi connectivity index (χ3n) is 3.41. The van der Waals surface area contributed by atoms with E-state index < -0.39 is 5.97 Å². The Morgan fingerprint density at radius 1 is 1.19 bits per heavy atom. The highest BCUT2D eigenvalue weighted by molar-refractivity contribution is 5.95. The van der Waals surface area contributed by atoms with Crippen molar-refractivity contribution >= 4 is 11.9 Å². The molecule has 0 spiro atoms. The molecule has 1 aliphatic carbocycles. The van der Waals surface area contributed by atoms with Crippen LogP contribution in [-0.2, 0) is 4.79 Å². The van der Waals surface area contributed by atoms with E-state index >= 15 is 0 Å². The second-order valence-corrected chi connectivity index (χ2v) is 4.97. The van der Waals surface area contributed by atoms with Gasteiger partial charge in [0, 0.05) is 24.2 Å². The molecule has 1 aliphatic rings. The number of hydrogen-bond acceptors (Lipinski definition) is 4. The molecule has 1 aromatic carbocycles. The summed E-state index contributed by atoms with van der Waals surface area (Å²) in [6, 6.07) is 5.12. The number of carboxylic acids is 1. The molecule has 0 aromatic heterocycles. The number of amides is 1. The normalized spacial score (nSPS) is 13.6. The summed E-state index contributed by atoms with van der Waals surface area (Å²) in [7, 11) is 3.04. The Balaban J connectivity index is 2.21. The molecule has 1 fully saturated rings. The van der Waals surface area contributed by atoms with Crippen LogP contribution in [0.4, 0.5) is 0 Å². The van der Waals surface area contributed by atoms with Gasteiger partial charge in [-0.1, -0.05) is 0 Å². The Labute approximate surface area is 123 Å². The number of hydrogen-bond donors (Lipinski definition) is 1. The van der Waals surface area contributed by atoms with Crippen LogP contribution in [0, 0.1) is 0 Å². The Bertz CT molecular complexity index is 517. The molecule has 6 heteroatoms. The first kappa shape index (κ1) is 15.2. The number of carbonyl (C=O) groups excluding carboxylic acids is 1. The summed E-state index contributed by atoms with van der Waals surface area (Å²) >= 11 is 0. The fraction of sp³-hybridized carbons (Fsp3) is 0.467. The van der Waals surface area contributed by atoms with E-state index in [2.05, 4.69) is 0 Å². The average Bonchev–Trinajstić information content (AvgIpc) is 3.31. The van der Waals surface area contributed by atoms with Gasteiger partial charge < -0.3 is 19.5 Å². The smallest absolute Gasteiger partial charge is 0.305 e. The first-order valence-corrected chi connectivity index (χ1v) is 6.81. The van der Waals surface area contributed by atoms with Crippen LogP contribution < -0.4 is 9.47 Å². The minimum absolute atomic E-state index is 0.0522. The summed E-state index contributed by atoms with van der Waals surface area (Å²) in [5.74, 6) is -0.0222. The van der Waals surface area contributed by atoms with Gasteiger partial charge in [-0.3, -0.25) is 9.59 Å². The molecule has 1 aromatic rings. The minimum atomic E-state index is -0.906. The van der Waals surface area contributed by atoms with Gasteiger partial charge in [0.1, 0.15) is 11.5 Å². The van der Waals surface area contributed by atoms with Crippen molar-refractivity contribution in [2.24, 2.45) is 0 Å². The predicted molar refractivity (Wildman–Crippen MR) is 75.9 cm³/mol. The van der Waals surface area contributed by atoms with Crippen LogP contribution in [0.1, 0.15) is 29.6 Å². The molecule has 0 atom stereocenters. The van der Waals surface area contributed by atoms with Crippen LogP contribution in [0.2, 0.25) is 0 Å². The molecule has 0 unspecified atom stereocenters. The van der Waals surface area contributed by atoms with Crippen molar-refractivity contribution in [3.05, 3.63) is 23.8 Å². The van der Waals surface area contributed by atoms with Crippen molar-refractivity contribution in [2.75, 3.05) is 20.8 Å². The lowest BCUT2D eigenvalue weighted by Crippen LogP contribution is -2.35. The Kier molecular flexibility index (Phi) is 4.67. The SMILES string of the molecule is COc1cc(OC)cc(C(=O)N(CCC(=O)O)C2CC2)c1. The molecule has 21 heavy (non-hydrogen) atoms. The Hall–Kier alpha value is -2.24. The van der Waals surface area contributed by atoms with E-state index in [9.17, 15) is 9.59 Å². The van der Waals surface area contributed by atoms with Crippen LogP contribution in [0.25, 0.3) is 0 Å². The summed E-state index contributed by atoms with van der Waals surface area (Å²) in [6.45, 7) is 0.221. The number of carbonyl (C=O) groups is 2. The summed E-state index contributed by atoms with van der Waals surface area (Å²) in [5, 5.41) is 8.80. The molecule has 114 valence electrons.